The zero-order chi connectivity index (χ0) is 71.6. The van der Waals surface area contributed by atoms with Crippen molar-refractivity contribution in [3.05, 3.63) is 24.3 Å². The van der Waals surface area contributed by atoms with Crippen LogP contribution < -0.4 is 0 Å². The van der Waals surface area contributed by atoms with Crippen LogP contribution in [0, 0.1) is 17.8 Å². The summed E-state index contributed by atoms with van der Waals surface area (Å²) in [5.41, 5.74) is 0. The number of allylic oxidation sites excluding steroid dienone is 4. The van der Waals surface area contributed by atoms with Gasteiger partial charge in [0.2, 0.25) is 0 Å². The summed E-state index contributed by atoms with van der Waals surface area (Å²) in [7, 11) is -9.92. The number of esters is 4. The number of ether oxygens (including phenoxy) is 4. The fourth-order valence-corrected chi connectivity index (χ4v) is 12.9. The first kappa shape index (κ1) is 94.5. The minimum Gasteiger partial charge on any atom is -0.462 e. The van der Waals surface area contributed by atoms with Crippen LogP contribution in [0.5, 0.6) is 0 Å². The lowest BCUT2D eigenvalue weighted by Crippen LogP contribution is -2.30. The molecule has 0 aliphatic heterocycles. The molecule has 97 heavy (non-hydrogen) atoms. The largest absolute Gasteiger partial charge is 0.472 e. The molecule has 0 aromatic rings. The Kier molecular flexibility index (Phi) is 66.3. The Bertz CT molecular complexity index is 1990. The summed E-state index contributed by atoms with van der Waals surface area (Å²) in [5, 5.41) is 10.6. The standard InChI is InChI=1S/C78H148O17P2/c1-8-11-12-13-14-15-16-17-22-27-30-33-38-47-54-61-77(82)94-73(65-88-75(80)59-52-45-37-32-29-26-24-21-19-18-20-23-25-28-31-36-43-50-57-70(6)9-2)67-92-96(84,85)90-63-72(79)64-91-97(86,87)93-68-74(95-78(83)62-55-48-41-40-44-51-58-71(7)10-3)66-89-76(81)60-53-46-39-34-35-42-49-56-69(4)5/h15-17,22,69-74,79H,8-14,18-21,23-68H2,1-7H3,(H,84,85)(H,86,87)/b16-15-,22-17-/t70?,71?,72?,73-,74-/m1/s1. The highest BCUT2D eigenvalue weighted by Gasteiger charge is 2.30. The molecule has 17 nitrogen and oxygen atoms in total. The lowest BCUT2D eigenvalue weighted by Gasteiger charge is -2.21. The normalized spacial score (nSPS) is 14.8. The van der Waals surface area contributed by atoms with E-state index in [1.807, 2.05) is 0 Å². The van der Waals surface area contributed by atoms with Crippen molar-refractivity contribution in [3.8, 4) is 0 Å². The zero-order valence-corrected chi connectivity index (χ0v) is 64.8. The summed E-state index contributed by atoms with van der Waals surface area (Å²) >= 11 is 0. The molecule has 0 aromatic heterocycles. The second-order valence-corrected chi connectivity index (χ2v) is 31.3. The summed E-state index contributed by atoms with van der Waals surface area (Å²) in [6.45, 7) is 11.8. The van der Waals surface area contributed by atoms with Crippen molar-refractivity contribution in [2.24, 2.45) is 17.8 Å². The number of carbonyl (C=O) groups is 4. The molecule has 0 spiro atoms. The van der Waals surface area contributed by atoms with Gasteiger partial charge in [0.1, 0.15) is 19.3 Å². The average Bonchev–Trinajstić information content (AvgIpc) is 1.15. The minimum atomic E-state index is -4.97. The van der Waals surface area contributed by atoms with Gasteiger partial charge in [0, 0.05) is 25.7 Å². The van der Waals surface area contributed by atoms with Crippen molar-refractivity contribution in [3.63, 3.8) is 0 Å². The number of hydrogen-bond acceptors (Lipinski definition) is 15. The third-order valence-electron chi connectivity index (χ3n) is 18.2. The van der Waals surface area contributed by atoms with E-state index in [1.165, 1.54) is 167 Å². The van der Waals surface area contributed by atoms with Crippen LogP contribution in [0.3, 0.4) is 0 Å². The van der Waals surface area contributed by atoms with Crippen molar-refractivity contribution in [1.82, 2.24) is 0 Å². The summed E-state index contributed by atoms with van der Waals surface area (Å²) in [5.74, 6) is 0.142. The van der Waals surface area contributed by atoms with E-state index < -0.39 is 97.5 Å². The van der Waals surface area contributed by atoms with E-state index >= 15 is 0 Å². The Hall–Kier alpha value is -2.46. The number of phosphoric ester groups is 2. The van der Waals surface area contributed by atoms with Gasteiger partial charge in [0.05, 0.1) is 26.4 Å². The first-order valence-electron chi connectivity index (χ1n) is 39.7. The predicted octanol–water partition coefficient (Wildman–Crippen LogP) is 22.5. The molecule has 572 valence electrons. The zero-order valence-electron chi connectivity index (χ0n) is 63.0. The Morgan fingerprint density at radius 2 is 0.608 bits per heavy atom. The first-order chi connectivity index (χ1) is 46.8. The molecule has 5 unspecified atom stereocenters. The molecular formula is C78H148O17P2. The Labute approximate surface area is 592 Å². The number of unbranched alkanes of at least 4 members (excludes halogenated alkanes) is 37. The molecule has 0 heterocycles. The number of aliphatic hydroxyl groups is 1. The number of rotatable bonds is 74. The molecule has 0 aliphatic rings. The topological polar surface area (TPSA) is 237 Å². The van der Waals surface area contributed by atoms with Crippen LogP contribution in [0.2, 0.25) is 0 Å². The van der Waals surface area contributed by atoms with Gasteiger partial charge in [0.25, 0.3) is 0 Å². The fraction of sp³-hybridized carbons (Fsp3) is 0.897. The molecule has 0 fully saturated rings. The maximum absolute atomic E-state index is 13.1. The molecule has 0 saturated heterocycles. The van der Waals surface area contributed by atoms with E-state index in [9.17, 15) is 43.2 Å². The van der Waals surface area contributed by atoms with E-state index in [-0.39, 0.29) is 25.7 Å². The lowest BCUT2D eigenvalue weighted by atomic mass is 9.99. The maximum Gasteiger partial charge on any atom is 0.472 e. The molecule has 19 heteroatoms. The van der Waals surface area contributed by atoms with Crippen LogP contribution in [-0.4, -0.2) is 96.7 Å². The predicted molar refractivity (Wildman–Crippen MR) is 395 cm³/mol. The molecule has 7 atom stereocenters. The van der Waals surface area contributed by atoms with Gasteiger partial charge in [-0.05, 0) is 69.1 Å². The molecule has 3 N–H and O–H groups in total. The molecule has 0 amide bonds. The van der Waals surface area contributed by atoms with Gasteiger partial charge < -0.3 is 33.8 Å². The molecule has 0 bridgehead atoms. The van der Waals surface area contributed by atoms with Gasteiger partial charge >= 0.3 is 39.5 Å². The van der Waals surface area contributed by atoms with Gasteiger partial charge in [0.15, 0.2) is 12.2 Å². The van der Waals surface area contributed by atoms with Gasteiger partial charge in [-0.1, -0.05) is 323 Å². The highest BCUT2D eigenvalue weighted by Crippen LogP contribution is 2.45. The van der Waals surface area contributed by atoms with Gasteiger partial charge in [-0.15, -0.1) is 0 Å². The molecule has 0 saturated carbocycles. The fourth-order valence-electron chi connectivity index (χ4n) is 11.4. The van der Waals surface area contributed by atoms with Crippen molar-refractivity contribution in [2.75, 3.05) is 39.6 Å². The van der Waals surface area contributed by atoms with Gasteiger partial charge in [-0.25, -0.2) is 9.13 Å². The molecular weight excluding hydrogens is 1270 g/mol. The van der Waals surface area contributed by atoms with Crippen LogP contribution in [0.1, 0.15) is 376 Å². The van der Waals surface area contributed by atoms with Crippen LogP contribution in [0.25, 0.3) is 0 Å². The monoisotopic (exact) mass is 1420 g/mol. The molecule has 0 aromatic carbocycles. The average molecular weight is 1420 g/mol. The van der Waals surface area contributed by atoms with Gasteiger partial charge in [-0.2, -0.15) is 0 Å². The Balaban J connectivity index is 5.21. The van der Waals surface area contributed by atoms with Crippen molar-refractivity contribution < 1.29 is 80.2 Å². The number of carbonyl (C=O) groups excluding carboxylic acids is 4. The van der Waals surface area contributed by atoms with Crippen LogP contribution in [0.4, 0.5) is 0 Å². The number of phosphoric acid groups is 2. The van der Waals surface area contributed by atoms with E-state index in [0.717, 1.165) is 121 Å². The molecule has 0 radical (unpaired) electrons. The van der Waals surface area contributed by atoms with Crippen molar-refractivity contribution in [1.29, 1.82) is 0 Å². The van der Waals surface area contributed by atoms with E-state index in [0.29, 0.717) is 31.6 Å². The smallest absolute Gasteiger partial charge is 0.462 e. The molecule has 0 aliphatic carbocycles. The van der Waals surface area contributed by atoms with E-state index in [1.54, 1.807) is 0 Å². The van der Waals surface area contributed by atoms with Crippen LogP contribution in [0.15, 0.2) is 24.3 Å². The quantitative estimate of drug-likeness (QED) is 0.0169. The highest BCUT2D eigenvalue weighted by molar-refractivity contribution is 7.47. The second kappa shape index (κ2) is 68.0. The van der Waals surface area contributed by atoms with Gasteiger partial charge in [-0.3, -0.25) is 37.3 Å². The second-order valence-electron chi connectivity index (χ2n) is 28.4. The van der Waals surface area contributed by atoms with Crippen molar-refractivity contribution in [2.45, 2.75) is 394 Å². The summed E-state index contributed by atoms with van der Waals surface area (Å²) in [6, 6.07) is 0. The summed E-state index contributed by atoms with van der Waals surface area (Å²) in [4.78, 5) is 72.8. The highest BCUT2D eigenvalue weighted by atomic mass is 31.2. The molecule has 0 rings (SSSR count). The lowest BCUT2D eigenvalue weighted by molar-refractivity contribution is -0.161. The van der Waals surface area contributed by atoms with Crippen LogP contribution in [-0.2, 0) is 65.4 Å². The van der Waals surface area contributed by atoms with Crippen molar-refractivity contribution >= 4 is 39.5 Å². The Morgan fingerprint density at radius 1 is 0.340 bits per heavy atom. The minimum absolute atomic E-state index is 0.0850. The van der Waals surface area contributed by atoms with Crippen LogP contribution >= 0.6 is 15.6 Å². The number of aliphatic hydroxyl groups excluding tert-OH is 1. The van der Waals surface area contributed by atoms with E-state index in [4.69, 9.17) is 37.0 Å². The van der Waals surface area contributed by atoms with E-state index in [2.05, 4.69) is 72.8 Å². The third kappa shape index (κ3) is 69.1. The Morgan fingerprint density at radius 3 is 0.918 bits per heavy atom. The maximum atomic E-state index is 13.1. The summed E-state index contributed by atoms with van der Waals surface area (Å²) in [6.07, 6.45) is 58.0. The summed E-state index contributed by atoms with van der Waals surface area (Å²) < 4.78 is 68.4. The SMILES string of the molecule is CCCCCC/C=C\C=C/CCCCCCCC(=O)O[C@H](COC(=O)CCCCCCCCCCCCCCCCCCCCC(C)CC)COP(=O)(O)OCC(O)COP(=O)(O)OC[C@@H](COC(=O)CCCCCCCCCC(C)C)OC(=O)CCCCCCCCC(C)CC. The third-order valence-corrected chi connectivity index (χ3v) is 20.1. The first-order valence-corrected chi connectivity index (χ1v) is 42.7. The number of hydrogen-bond donors (Lipinski definition) is 3.